The van der Waals surface area contributed by atoms with Gasteiger partial charge in [-0.25, -0.2) is 0 Å². The summed E-state index contributed by atoms with van der Waals surface area (Å²) in [7, 11) is 0. The third kappa shape index (κ3) is 2.88. The summed E-state index contributed by atoms with van der Waals surface area (Å²) in [5.41, 5.74) is 0. The summed E-state index contributed by atoms with van der Waals surface area (Å²) in [5.74, 6) is 0. The average Bonchev–Trinajstić information content (AvgIpc) is 2.15. The highest BCUT2D eigenvalue weighted by Crippen LogP contribution is 1.80. The first-order valence-corrected chi connectivity index (χ1v) is 2.99. The largest absolute Gasteiger partial charge is 0.0623 e. The first-order chi connectivity index (χ1) is 6.61. The minimum atomic E-state index is 0.0899. The molecule has 0 aliphatic rings. The van der Waals surface area contributed by atoms with E-state index in [2.05, 4.69) is 0 Å². The van der Waals surface area contributed by atoms with Gasteiger partial charge in [-0.15, -0.1) is 0 Å². The lowest BCUT2D eigenvalue weighted by Gasteiger charge is -1.69. The molecule has 0 N–H and O–H groups in total. The maximum atomic E-state index is 7.40. The van der Waals surface area contributed by atoms with Crippen LogP contribution in [0.5, 0.6) is 0 Å². The van der Waals surface area contributed by atoms with E-state index in [0.29, 0.717) is 0 Å². The Bertz CT molecular complexity index is 315. The molecule has 10 heavy (non-hydrogen) atoms. The van der Waals surface area contributed by atoms with Gasteiger partial charge in [-0.05, 0) is 0 Å². The van der Waals surface area contributed by atoms with Gasteiger partial charge in [0.2, 0.25) is 0 Å². The van der Waals surface area contributed by atoms with Crippen LogP contribution in [-0.2, 0) is 0 Å². The lowest BCUT2D eigenvalue weighted by Crippen LogP contribution is -1.47. The fourth-order valence-corrected chi connectivity index (χ4v) is 0.481. The second-order valence-corrected chi connectivity index (χ2v) is 1.63. The molecule has 0 aliphatic heterocycles. The van der Waals surface area contributed by atoms with Crippen LogP contribution < -0.4 is 0 Å². The predicted molar refractivity (Wildman–Crippen MR) is 44.1 cm³/mol. The molecule has 0 bridgehead atoms. The van der Waals surface area contributed by atoms with Crippen molar-refractivity contribution in [2.24, 2.45) is 0 Å². The Morgan fingerprint density at radius 1 is 0.500 bits per heavy atom. The van der Waals surface area contributed by atoms with Gasteiger partial charge < -0.3 is 0 Å². The zero-order chi connectivity index (χ0) is 10.6. The Labute approximate surface area is 67.1 Å². The smallest absolute Gasteiger partial charge is 0.0623 e. The van der Waals surface area contributed by atoms with E-state index >= 15 is 0 Å². The highest BCUT2D eigenvalue weighted by molar-refractivity contribution is 4.99. The number of hydrogen-bond donors (Lipinski definition) is 0. The van der Waals surface area contributed by atoms with Crippen molar-refractivity contribution in [2.45, 2.75) is 0 Å². The molecule has 0 unspecified atom stereocenters. The van der Waals surface area contributed by atoms with Crippen LogP contribution in [0.15, 0.2) is 60.6 Å². The van der Waals surface area contributed by atoms with Crippen molar-refractivity contribution in [2.75, 3.05) is 0 Å². The van der Waals surface area contributed by atoms with E-state index in [1.807, 2.05) is 0 Å². The quantitative estimate of drug-likeness (QED) is 0.512. The van der Waals surface area contributed by atoms with Gasteiger partial charge in [0.05, 0.1) is 5.48 Å². The molecule has 0 saturated heterocycles. The van der Waals surface area contributed by atoms with Crippen LogP contribution in [0.2, 0.25) is 0 Å². The van der Waals surface area contributed by atoms with Crippen molar-refractivity contribution in [3.8, 4) is 0 Å². The Kier molecular flexibility index (Phi) is 1.46. The molecule has 0 amide bonds. The predicted octanol–water partition coefficient (Wildman–Crippen LogP) is 2.81. The van der Waals surface area contributed by atoms with Crippen molar-refractivity contribution in [3.05, 3.63) is 60.6 Å². The SMILES string of the molecule is [2H]c1cccc([2H])c([2H])cccc1[2H]. The molecule has 1 aromatic carbocycles. The van der Waals surface area contributed by atoms with E-state index in [0.717, 1.165) is 0 Å². The number of rotatable bonds is 0. The van der Waals surface area contributed by atoms with Gasteiger partial charge in [0.1, 0.15) is 0 Å². The molecule has 50 valence electrons. The van der Waals surface area contributed by atoms with E-state index in [-0.39, 0.29) is 24.2 Å². The summed E-state index contributed by atoms with van der Waals surface area (Å²) in [6.07, 6.45) is 0. The molecule has 0 saturated carbocycles. The molecule has 0 atom stereocenters. The summed E-state index contributed by atoms with van der Waals surface area (Å²) >= 11 is 0. The first-order valence-electron chi connectivity index (χ1n) is 4.99. The van der Waals surface area contributed by atoms with Crippen LogP contribution >= 0.6 is 0 Å². The second-order valence-electron chi connectivity index (χ2n) is 1.63. The zero-order valence-corrected chi connectivity index (χ0v) is 5.46. The molecule has 1 aromatic rings. The molecule has 0 heterocycles. The van der Waals surface area contributed by atoms with Gasteiger partial charge in [-0.2, -0.15) is 0 Å². The summed E-state index contributed by atoms with van der Waals surface area (Å²) < 4.78 is 29.6. The molecular formula is C10H10. The highest BCUT2D eigenvalue weighted by atomic mass is 13.7. The van der Waals surface area contributed by atoms with Gasteiger partial charge in [0, 0.05) is 0 Å². The molecule has 0 aromatic heterocycles. The lowest BCUT2D eigenvalue weighted by molar-refractivity contribution is 1.72. The third-order valence-corrected chi connectivity index (χ3v) is 0.885. The van der Waals surface area contributed by atoms with Crippen molar-refractivity contribution >= 4 is 0 Å². The van der Waals surface area contributed by atoms with Crippen LogP contribution in [0.1, 0.15) is 5.48 Å². The zero-order valence-electron chi connectivity index (χ0n) is 9.46. The molecule has 0 heteroatoms. The topological polar surface area (TPSA) is 0 Å². The molecule has 0 fully saturated rings. The van der Waals surface area contributed by atoms with Gasteiger partial charge in [0.15, 0.2) is 0 Å². The summed E-state index contributed by atoms with van der Waals surface area (Å²) in [5, 5.41) is 0. The van der Waals surface area contributed by atoms with Gasteiger partial charge in [-0.1, -0.05) is 60.6 Å². The highest BCUT2D eigenvalue weighted by Gasteiger charge is 1.58. The normalized spacial score (nSPS) is 13.6. The summed E-state index contributed by atoms with van der Waals surface area (Å²) in [4.78, 5) is 0. The second kappa shape index (κ2) is 4.57. The fourth-order valence-electron chi connectivity index (χ4n) is 0.481. The molecule has 0 radical (unpaired) electrons. The van der Waals surface area contributed by atoms with E-state index in [1.165, 1.54) is 36.4 Å². The van der Waals surface area contributed by atoms with Crippen LogP contribution in [0, 0.1) is 0 Å². The Hall–Kier alpha value is -1.30. The average molecular weight is 134 g/mol. The molecular weight excluding hydrogens is 120 g/mol. The minimum absolute atomic E-state index is 0.0899. The van der Waals surface area contributed by atoms with Gasteiger partial charge >= 0.3 is 0 Å². The monoisotopic (exact) mass is 134 g/mol. The van der Waals surface area contributed by atoms with Crippen molar-refractivity contribution in [1.82, 2.24) is 0 Å². The van der Waals surface area contributed by atoms with E-state index in [9.17, 15) is 0 Å². The summed E-state index contributed by atoms with van der Waals surface area (Å²) in [6, 6.07) is 9.08. The van der Waals surface area contributed by atoms with Crippen LogP contribution in [0.3, 0.4) is 0 Å². The maximum Gasteiger partial charge on any atom is 0.0623 e. The van der Waals surface area contributed by atoms with Crippen LogP contribution in [0.4, 0.5) is 0 Å². The van der Waals surface area contributed by atoms with Crippen LogP contribution in [-0.4, -0.2) is 0 Å². The maximum absolute atomic E-state index is 7.40. The number of hydrogen-bond acceptors (Lipinski definition) is 0. The Balaban J connectivity index is 3.41. The van der Waals surface area contributed by atoms with Crippen molar-refractivity contribution in [1.29, 1.82) is 0 Å². The standard InChI is InChI=1S/C10H10/c1-2-4-6-8-10-9-7-5-3-1/h1-10H/i1D,2D,9D,10D. The lowest BCUT2D eigenvalue weighted by atomic mass is 10.4. The van der Waals surface area contributed by atoms with E-state index < -0.39 is 0 Å². The summed E-state index contributed by atoms with van der Waals surface area (Å²) in [6.45, 7) is 0. The molecule has 0 aliphatic carbocycles. The third-order valence-electron chi connectivity index (χ3n) is 0.885. The fraction of sp³-hybridized carbons (Fsp3) is 0. The molecule has 0 nitrogen and oxygen atoms in total. The van der Waals surface area contributed by atoms with Gasteiger partial charge in [-0.3, -0.25) is 0 Å². The molecule has 0 spiro atoms. The van der Waals surface area contributed by atoms with Gasteiger partial charge in [0.25, 0.3) is 0 Å². The van der Waals surface area contributed by atoms with Crippen molar-refractivity contribution < 1.29 is 5.48 Å². The Morgan fingerprint density at radius 2 is 0.800 bits per heavy atom. The molecule has 1 rings (SSSR count). The first kappa shape index (κ1) is 3.20. The van der Waals surface area contributed by atoms with Crippen molar-refractivity contribution in [3.63, 3.8) is 0 Å². The van der Waals surface area contributed by atoms with E-state index in [1.54, 1.807) is 0 Å². The minimum Gasteiger partial charge on any atom is -0.0623 e. The Morgan fingerprint density at radius 3 is 1.10 bits per heavy atom. The van der Waals surface area contributed by atoms with E-state index in [4.69, 9.17) is 5.48 Å². The van der Waals surface area contributed by atoms with Crippen LogP contribution in [0.25, 0.3) is 0 Å².